The van der Waals surface area contributed by atoms with Gasteiger partial charge in [-0.15, -0.1) is 11.3 Å². The van der Waals surface area contributed by atoms with Crippen molar-refractivity contribution >= 4 is 23.3 Å². The van der Waals surface area contributed by atoms with Crippen molar-refractivity contribution in [1.29, 1.82) is 0 Å². The lowest BCUT2D eigenvalue weighted by Gasteiger charge is -2.19. The fraction of sp³-hybridized carbons (Fsp3) is 0.600. The largest absolute Gasteiger partial charge is 0.350 e. The van der Waals surface area contributed by atoms with Gasteiger partial charge in [-0.2, -0.15) is 0 Å². The Morgan fingerprint density at radius 3 is 2.85 bits per heavy atom. The molecule has 0 aliphatic carbocycles. The number of nitrogens with one attached hydrogen (secondary N) is 1. The molecule has 1 aromatic heterocycles. The van der Waals surface area contributed by atoms with Crippen LogP contribution in [0.3, 0.4) is 0 Å². The molecule has 1 rings (SSSR count). The van der Waals surface area contributed by atoms with E-state index in [1.807, 2.05) is 5.38 Å². The average Bonchev–Trinajstić information content (AvgIpc) is 2.94. The maximum Gasteiger partial charge on any atom is 0.244 e. The van der Waals surface area contributed by atoms with Crippen molar-refractivity contribution in [3.05, 3.63) is 22.7 Å². The van der Waals surface area contributed by atoms with E-state index in [0.717, 1.165) is 37.5 Å². The molecule has 0 spiro atoms. The predicted octanol–water partition coefficient (Wildman–Crippen LogP) is 2.78. The summed E-state index contributed by atoms with van der Waals surface area (Å²) in [5.41, 5.74) is 0. The number of carbonyl (C=O) groups is 1. The third-order valence-corrected chi connectivity index (χ3v) is 3.96. The van der Waals surface area contributed by atoms with Gasteiger partial charge in [0.25, 0.3) is 0 Å². The summed E-state index contributed by atoms with van der Waals surface area (Å²) < 4.78 is 0. The SMILES string of the molecule is CCN(CC)CCC[C@@H](C)NC(=O)/C=C/c1nccs1. The van der Waals surface area contributed by atoms with Crippen molar-refractivity contribution in [2.45, 2.75) is 39.7 Å². The normalized spacial score (nSPS) is 13.0. The zero-order valence-corrected chi connectivity index (χ0v) is 13.4. The molecule has 0 aromatic carbocycles. The number of rotatable bonds is 9. The fourth-order valence-electron chi connectivity index (χ4n) is 1.99. The van der Waals surface area contributed by atoms with Crippen LogP contribution in [0.4, 0.5) is 0 Å². The number of hydrogen-bond donors (Lipinski definition) is 1. The van der Waals surface area contributed by atoms with Gasteiger partial charge >= 0.3 is 0 Å². The number of nitrogens with zero attached hydrogens (tertiary/aromatic N) is 2. The van der Waals surface area contributed by atoms with Gasteiger partial charge in [-0.1, -0.05) is 13.8 Å². The highest BCUT2D eigenvalue weighted by atomic mass is 32.1. The molecule has 0 fully saturated rings. The molecule has 5 heteroatoms. The van der Waals surface area contributed by atoms with E-state index in [0.29, 0.717) is 0 Å². The molecule has 112 valence electrons. The van der Waals surface area contributed by atoms with Crippen LogP contribution in [0, 0.1) is 0 Å². The van der Waals surface area contributed by atoms with E-state index in [2.05, 4.69) is 36.0 Å². The third-order valence-electron chi connectivity index (χ3n) is 3.22. The number of thiazole rings is 1. The molecule has 1 heterocycles. The summed E-state index contributed by atoms with van der Waals surface area (Å²) >= 11 is 1.52. The Balaban J connectivity index is 2.21. The summed E-state index contributed by atoms with van der Waals surface area (Å²) in [5, 5.41) is 5.74. The van der Waals surface area contributed by atoms with Crippen molar-refractivity contribution < 1.29 is 4.79 Å². The molecule has 0 bridgehead atoms. The van der Waals surface area contributed by atoms with Crippen LogP contribution in [0.2, 0.25) is 0 Å². The molecule has 20 heavy (non-hydrogen) atoms. The molecule has 0 radical (unpaired) electrons. The van der Waals surface area contributed by atoms with Crippen LogP contribution in [0.25, 0.3) is 6.08 Å². The molecule has 1 atom stereocenters. The Bertz CT molecular complexity index is 399. The molecule has 0 saturated heterocycles. The summed E-state index contributed by atoms with van der Waals surface area (Å²) in [4.78, 5) is 18.2. The highest BCUT2D eigenvalue weighted by Crippen LogP contribution is 2.05. The first kappa shape index (κ1) is 16.9. The van der Waals surface area contributed by atoms with Crippen LogP contribution < -0.4 is 5.32 Å². The van der Waals surface area contributed by atoms with Crippen LogP contribution in [0.1, 0.15) is 38.6 Å². The molecule has 1 N–H and O–H groups in total. The van der Waals surface area contributed by atoms with E-state index in [1.165, 1.54) is 11.3 Å². The first-order valence-corrected chi connectivity index (χ1v) is 8.14. The number of amides is 1. The van der Waals surface area contributed by atoms with Crippen molar-refractivity contribution in [3.8, 4) is 0 Å². The lowest BCUT2D eigenvalue weighted by atomic mass is 10.1. The van der Waals surface area contributed by atoms with Crippen molar-refractivity contribution in [2.75, 3.05) is 19.6 Å². The number of aromatic nitrogens is 1. The molecule has 1 amide bonds. The first-order valence-electron chi connectivity index (χ1n) is 7.26. The summed E-state index contributed by atoms with van der Waals surface area (Å²) in [6.45, 7) is 9.69. The maximum atomic E-state index is 11.7. The van der Waals surface area contributed by atoms with Gasteiger partial charge in [-0.25, -0.2) is 4.98 Å². The summed E-state index contributed by atoms with van der Waals surface area (Å²) in [6.07, 6.45) is 7.16. The van der Waals surface area contributed by atoms with Gasteiger partial charge in [-0.05, 0) is 45.5 Å². The Morgan fingerprint density at radius 1 is 1.50 bits per heavy atom. The van der Waals surface area contributed by atoms with E-state index in [9.17, 15) is 4.79 Å². The van der Waals surface area contributed by atoms with Crippen LogP contribution in [0.5, 0.6) is 0 Å². The van der Waals surface area contributed by atoms with Gasteiger partial charge in [0, 0.05) is 23.7 Å². The monoisotopic (exact) mass is 295 g/mol. The molecule has 4 nitrogen and oxygen atoms in total. The topological polar surface area (TPSA) is 45.2 Å². The number of hydrogen-bond acceptors (Lipinski definition) is 4. The highest BCUT2D eigenvalue weighted by molar-refractivity contribution is 7.10. The van der Waals surface area contributed by atoms with Crippen molar-refractivity contribution in [3.63, 3.8) is 0 Å². The van der Waals surface area contributed by atoms with Gasteiger partial charge < -0.3 is 10.2 Å². The van der Waals surface area contributed by atoms with Gasteiger partial charge in [0.1, 0.15) is 5.01 Å². The lowest BCUT2D eigenvalue weighted by molar-refractivity contribution is -0.117. The van der Waals surface area contributed by atoms with E-state index in [1.54, 1.807) is 18.3 Å². The van der Waals surface area contributed by atoms with Crippen LogP contribution in [0.15, 0.2) is 17.7 Å². The summed E-state index contributed by atoms with van der Waals surface area (Å²) in [6, 6.07) is 0.207. The molecule has 1 aromatic rings. The average molecular weight is 295 g/mol. The van der Waals surface area contributed by atoms with Crippen LogP contribution >= 0.6 is 11.3 Å². The Kier molecular flexibility index (Phi) is 8.14. The Hall–Kier alpha value is -1.20. The second-order valence-corrected chi connectivity index (χ2v) is 5.71. The predicted molar refractivity (Wildman–Crippen MR) is 85.8 cm³/mol. The number of carbonyl (C=O) groups excluding carboxylic acids is 1. The quantitative estimate of drug-likeness (QED) is 0.713. The van der Waals surface area contributed by atoms with E-state index < -0.39 is 0 Å². The fourth-order valence-corrected chi connectivity index (χ4v) is 2.52. The van der Waals surface area contributed by atoms with Gasteiger partial charge in [0.15, 0.2) is 0 Å². The molecule has 0 unspecified atom stereocenters. The maximum absolute atomic E-state index is 11.7. The second kappa shape index (κ2) is 9.66. The minimum Gasteiger partial charge on any atom is -0.350 e. The van der Waals surface area contributed by atoms with Gasteiger partial charge in [0.05, 0.1) is 0 Å². The third kappa shape index (κ3) is 6.82. The first-order chi connectivity index (χ1) is 9.65. The van der Waals surface area contributed by atoms with Gasteiger partial charge in [0.2, 0.25) is 5.91 Å². The second-order valence-electron chi connectivity index (χ2n) is 4.78. The van der Waals surface area contributed by atoms with E-state index >= 15 is 0 Å². The molecule has 0 aliphatic rings. The highest BCUT2D eigenvalue weighted by Gasteiger charge is 2.06. The minimum atomic E-state index is -0.0458. The van der Waals surface area contributed by atoms with Crippen molar-refractivity contribution in [2.24, 2.45) is 0 Å². The zero-order valence-electron chi connectivity index (χ0n) is 12.6. The Morgan fingerprint density at radius 2 is 2.25 bits per heavy atom. The van der Waals surface area contributed by atoms with E-state index in [-0.39, 0.29) is 11.9 Å². The smallest absolute Gasteiger partial charge is 0.244 e. The lowest BCUT2D eigenvalue weighted by Crippen LogP contribution is -2.32. The Labute approximate surface area is 125 Å². The van der Waals surface area contributed by atoms with Crippen molar-refractivity contribution in [1.82, 2.24) is 15.2 Å². The standard InChI is InChI=1S/C15H25N3OS/c1-4-18(5-2)11-6-7-13(3)17-14(19)8-9-15-16-10-12-20-15/h8-10,12-13H,4-7,11H2,1-3H3,(H,17,19)/b9-8+/t13-/m1/s1. The zero-order chi connectivity index (χ0) is 14.8. The summed E-state index contributed by atoms with van der Waals surface area (Å²) in [7, 11) is 0. The van der Waals surface area contributed by atoms with Gasteiger partial charge in [-0.3, -0.25) is 4.79 Å². The van der Waals surface area contributed by atoms with Crippen LogP contribution in [-0.4, -0.2) is 41.5 Å². The molecular weight excluding hydrogens is 270 g/mol. The molecule has 0 saturated carbocycles. The van der Waals surface area contributed by atoms with E-state index in [4.69, 9.17) is 0 Å². The summed E-state index contributed by atoms with van der Waals surface area (Å²) in [5.74, 6) is -0.0458. The molecule has 0 aliphatic heterocycles. The minimum absolute atomic E-state index is 0.0458. The van der Waals surface area contributed by atoms with Crippen LogP contribution in [-0.2, 0) is 4.79 Å². The molecular formula is C15H25N3OS.